The minimum Gasteiger partial charge on any atom is -0.299 e. The maximum Gasteiger partial charge on any atom is 0.0273 e. The lowest BCUT2D eigenvalue weighted by molar-refractivity contribution is 0.127. The zero-order chi connectivity index (χ0) is 10.7. The van der Waals surface area contributed by atoms with Crippen molar-refractivity contribution in [3.63, 3.8) is 0 Å². The van der Waals surface area contributed by atoms with Crippen LogP contribution in [-0.4, -0.2) is 28.9 Å². The Bertz CT molecular complexity index is 189. The lowest BCUT2D eigenvalue weighted by Crippen LogP contribution is -2.44. The Morgan fingerprint density at radius 2 is 1.80 bits per heavy atom. The van der Waals surface area contributed by atoms with Crippen molar-refractivity contribution >= 4 is 15.9 Å². The summed E-state index contributed by atoms with van der Waals surface area (Å²) in [6.45, 7) is 5.04. The van der Waals surface area contributed by atoms with E-state index in [9.17, 15) is 0 Å². The fraction of sp³-hybridized carbons (Fsp3) is 1.00. The zero-order valence-electron chi connectivity index (χ0n) is 9.92. The molecule has 15 heavy (non-hydrogen) atoms. The summed E-state index contributed by atoms with van der Waals surface area (Å²) in [5.41, 5.74) is 0. The van der Waals surface area contributed by atoms with E-state index in [-0.39, 0.29) is 0 Å². The van der Waals surface area contributed by atoms with Crippen LogP contribution in [0.15, 0.2) is 0 Å². The van der Waals surface area contributed by atoms with Crippen LogP contribution in [0.4, 0.5) is 0 Å². The van der Waals surface area contributed by atoms with Gasteiger partial charge >= 0.3 is 0 Å². The molecule has 2 heteroatoms. The summed E-state index contributed by atoms with van der Waals surface area (Å²) in [6, 6.07) is 0.820. The van der Waals surface area contributed by atoms with E-state index >= 15 is 0 Å². The highest BCUT2D eigenvalue weighted by Gasteiger charge is 2.26. The number of likely N-dealkylation sites (tertiary alicyclic amines) is 1. The third kappa shape index (κ3) is 3.45. The highest BCUT2D eigenvalue weighted by Crippen LogP contribution is 2.28. The van der Waals surface area contributed by atoms with E-state index in [4.69, 9.17) is 0 Å². The van der Waals surface area contributed by atoms with Crippen molar-refractivity contribution in [2.75, 3.05) is 13.1 Å². The van der Waals surface area contributed by atoms with E-state index in [1.54, 1.807) is 0 Å². The van der Waals surface area contributed by atoms with Gasteiger partial charge in [-0.25, -0.2) is 0 Å². The van der Waals surface area contributed by atoms with Crippen LogP contribution in [0, 0.1) is 5.92 Å². The van der Waals surface area contributed by atoms with E-state index in [0.29, 0.717) is 0 Å². The van der Waals surface area contributed by atoms with Crippen LogP contribution in [0.5, 0.6) is 0 Å². The molecular formula is C13H24BrN. The Morgan fingerprint density at radius 1 is 1.07 bits per heavy atom. The minimum absolute atomic E-state index is 0.747. The van der Waals surface area contributed by atoms with Crippen LogP contribution in [-0.2, 0) is 0 Å². The summed E-state index contributed by atoms with van der Waals surface area (Å²) in [6.07, 6.45) is 10.1. The van der Waals surface area contributed by atoms with Gasteiger partial charge in [0.1, 0.15) is 0 Å². The monoisotopic (exact) mass is 273 g/mol. The molecule has 0 amide bonds. The maximum atomic E-state index is 3.78. The summed E-state index contributed by atoms with van der Waals surface area (Å²) >= 11 is 3.78. The fourth-order valence-corrected chi connectivity index (χ4v) is 3.72. The Hall–Kier alpha value is 0.440. The molecule has 2 unspecified atom stereocenters. The summed E-state index contributed by atoms with van der Waals surface area (Å²) < 4.78 is 0. The largest absolute Gasteiger partial charge is 0.299 e. The van der Waals surface area contributed by atoms with Crippen LogP contribution in [0.25, 0.3) is 0 Å². The van der Waals surface area contributed by atoms with Gasteiger partial charge in [0, 0.05) is 24.0 Å². The van der Waals surface area contributed by atoms with E-state index in [0.717, 1.165) is 16.8 Å². The first kappa shape index (κ1) is 11.9. The smallest absolute Gasteiger partial charge is 0.0273 e. The van der Waals surface area contributed by atoms with Gasteiger partial charge in [-0.15, -0.1) is 0 Å². The Labute approximate surface area is 103 Å². The summed E-state index contributed by atoms with van der Waals surface area (Å²) in [5, 5.41) is 0. The van der Waals surface area contributed by atoms with Crippen LogP contribution in [0.2, 0.25) is 0 Å². The van der Waals surface area contributed by atoms with Crippen molar-refractivity contribution in [2.24, 2.45) is 5.92 Å². The summed E-state index contributed by atoms with van der Waals surface area (Å²) in [5.74, 6) is 0.999. The molecule has 0 bridgehead atoms. The number of rotatable bonds is 2. The normalized spacial score (nSPS) is 35.6. The molecule has 2 fully saturated rings. The second-order valence-corrected chi connectivity index (χ2v) is 6.78. The molecule has 0 radical (unpaired) electrons. The van der Waals surface area contributed by atoms with Gasteiger partial charge in [0.15, 0.2) is 0 Å². The van der Waals surface area contributed by atoms with Gasteiger partial charge in [-0.1, -0.05) is 35.2 Å². The molecule has 0 spiro atoms. The van der Waals surface area contributed by atoms with Crippen LogP contribution in [0.1, 0.15) is 51.9 Å². The number of hydrogen-bond acceptors (Lipinski definition) is 1. The van der Waals surface area contributed by atoms with Crippen molar-refractivity contribution in [1.29, 1.82) is 0 Å². The first-order chi connectivity index (χ1) is 7.25. The predicted molar refractivity (Wildman–Crippen MR) is 69.6 cm³/mol. The highest BCUT2D eigenvalue weighted by molar-refractivity contribution is 9.09. The third-order valence-electron chi connectivity index (χ3n) is 4.17. The van der Waals surface area contributed by atoms with Crippen LogP contribution >= 0.6 is 15.9 Å². The first-order valence-corrected chi connectivity index (χ1v) is 7.55. The fourth-order valence-electron chi connectivity index (χ4n) is 3.09. The molecule has 0 N–H and O–H groups in total. The average molecular weight is 274 g/mol. The number of alkyl halides is 1. The zero-order valence-corrected chi connectivity index (χ0v) is 11.5. The van der Waals surface area contributed by atoms with E-state index in [1.165, 1.54) is 58.0 Å². The van der Waals surface area contributed by atoms with E-state index < -0.39 is 0 Å². The van der Waals surface area contributed by atoms with Gasteiger partial charge in [0.2, 0.25) is 0 Å². The van der Waals surface area contributed by atoms with Gasteiger partial charge in [0.05, 0.1) is 0 Å². The Kier molecular flexibility index (Phi) is 4.51. The molecule has 1 saturated heterocycles. The molecule has 1 nitrogen and oxygen atoms in total. The highest BCUT2D eigenvalue weighted by atomic mass is 79.9. The van der Waals surface area contributed by atoms with Gasteiger partial charge in [-0.05, 0) is 38.5 Å². The quantitative estimate of drug-likeness (QED) is 0.692. The number of piperidine rings is 1. The first-order valence-electron chi connectivity index (χ1n) is 6.64. The predicted octanol–water partition coefficient (Wildman–Crippen LogP) is 3.81. The Balaban J connectivity index is 1.80. The van der Waals surface area contributed by atoms with Crippen molar-refractivity contribution in [3.8, 4) is 0 Å². The topological polar surface area (TPSA) is 3.24 Å². The van der Waals surface area contributed by atoms with Crippen molar-refractivity contribution < 1.29 is 0 Å². The minimum atomic E-state index is 0.747. The van der Waals surface area contributed by atoms with Gasteiger partial charge in [-0.3, -0.25) is 4.90 Å². The van der Waals surface area contributed by atoms with Crippen molar-refractivity contribution in [3.05, 3.63) is 0 Å². The lowest BCUT2D eigenvalue weighted by Gasteiger charge is -2.39. The summed E-state index contributed by atoms with van der Waals surface area (Å²) in [4.78, 5) is 3.47. The van der Waals surface area contributed by atoms with E-state index in [2.05, 4.69) is 27.8 Å². The molecule has 1 aliphatic carbocycles. The molecule has 1 saturated carbocycles. The van der Waals surface area contributed by atoms with Crippen LogP contribution in [0.3, 0.4) is 0 Å². The number of hydrogen-bond donors (Lipinski definition) is 0. The lowest BCUT2D eigenvalue weighted by atomic mass is 9.88. The Morgan fingerprint density at radius 3 is 2.53 bits per heavy atom. The summed E-state index contributed by atoms with van der Waals surface area (Å²) in [7, 11) is 0. The van der Waals surface area contributed by atoms with Gasteiger partial charge < -0.3 is 0 Å². The molecule has 2 rings (SSSR count). The molecule has 1 heterocycles. The number of halogens is 1. The van der Waals surface area contributed by atoms with Crippen molar-refractivity contribution in [2.45, 2.75) is 62.7 Å². The average Bonchev–Trinajstić information content (AvgIpc) is 2.25. The van der Waals surface area contributed by atoms with Gasteiger partial charge in [0.25, 0.3) is 0 Å². The van der Waals surface area contributed by atoms with Crippen molar-refractivity contribution in [1.82, 2.24) is 4.90 Å². The standard InChI is InChI=1S/C13H24BrN/c1-11-7-8-13(14)10-15(11)9-12-5-3-2-4-6-12/h11-13H,2-10H2,1H3. The van der Waals surface area contributed by atoms with Gasteiger partial charge in [-0.2, -0.15) is 0 Å². The molecule has 1 aliphatic heterocycles. The molecule has 0 aromatic heterocycles. The SMILES string of the molecule is CC1CCC(Br)CN1CC1CCCCC1. The second kappa shape index (κ2) is 5.67. The number of nitrogens with zero attached hydrogens (tertiary/aromatic N) is 1. The molecule has 0 aromatic rings. The maximum absolute atomic E-state index is 3.78. The molecule has 88 valence electrons. The van der Waals surface area contributed by atoms with Crippen LogP contribution < -0.4 is 0 Å². The molecular weight excluding hydrogens is 250 g/mol. The second-order valence-electron chi connectivity index (χ2n) is 5.48. The third-order valence-corrected chi connectivity index (χ3v) is 4.92. The molecule has 2 atom stereocenters. The van der Waals surface area contributed by atoms with E-state index in [1.807, 2.05) is 0 Å². The molecule has 2 aliphatic rings. The molecule has 0 aromatic carbocycles.